The SMILES string of the molecule is Cc1ncccc1CNC1CCC(Nc2nccc(/C=C3\SC(=O)NC3=O)n2)CC1. The Balaban J connectivity index is 1.28. The van der Waals surface area contributed by atoms with Crippen LogP contribution in [0.2, 0.25) is 0 Å². The summed E-state index contributed by atoms with van der Waals surface area (Å²) in [5, 5.41) is 8.94. The normalized spacial score (nSPS) is 22.9. The maximum Gasteiger partial charge on any atom is 0.290 e. The van der Waals surface area contributed by atoms with Gasteiger partial charge in [0, 0.05) is 36.7 Å². The van der Waals surface area contributed by atoms with Gasteiger partial charge in [-0.3, -0.25) is 19.9 Å². The van der Waals surface area contributed by atoms with Gasteiger partial charge in [0.05, 0.1) is 10.6 Å². The lowest BCUT2D eigenvalue weighted by molar-refractivity contribution is -0.115. The molecule has 1 aliphatic carbocycles. The predicted octanol–water partition coefficient (Wildman–Crippen LogP) is 3.02. The van der Waals surface area contributed by atoms with Gasteiger partial charge >= 0.3 is 0 Å². The first kappa shape index (κ1) is 20.5. The van der Waals surface area contributed by atoms with Crippen molar-refractivity contribution >= 4 is 34.9 Å². The molecule has 0 bridgehead atoms. The largest absolute Gasteiger partial charge is 0.351 e. The number of aromatic nitrogens is 3. The molecule has 156 valence electrons. The van der Waals surface area contributed by atoms with Crippen molar-refractivity contribution in [2.75, 3.05) is 5.32 Å². The fourth-order valence-electron chi connectivity index (χ4n) is 3.66. The van der Waals surface area contributed by atoms with Crippen molar-refractivity contribution in [3.63, 3.8) is 0 Å². The highest BCUT2D eigenvalue weighted by Crippen LogP contribution is 2.25. The number of hydrogen-bond acceptors (Lipinski definition) is 8. The van der Waals surface area contributed by atoms with E-state index in [0.717, 1.165) is 49.7 Å². The summed E-state index contributed by atoms with van der Waals surface area (Å²) in [7, 11) is 0. The summed E-state index contributed by atoms with van der Waals surface area (Å²) < 4.78 is 0. The zero-order valence-corrected chi connectivity index (χ0v) is 17.5. The molecule has 2 fully saturated rings. The second-order valence-corrected chi connectivity index (χ2v) is 8.49. The third-order valence-corrected chi connectivity index (χ3v) is 6.17. The molecule has 1 saturated carbocycles. The number of imide groups is 1. The molecule has 0 atom stereocenters. The third kappa shape index (κ3) is 5.22. The van der Waals surface area contributed by atoms with Crippen LogP contribution in [0.4, 0.5) is 10.7 Å². The number of nitrogens with zero attached hydrogens (tertiary/aromatic N) is 3. The maximum absolute atomic E-state index is 11.7. The molecule has 9 heteroatoms. The Kier molecular flexibility index (Phi) is 6.39. The minimum atomic E-state index is -0.384. The molecule has 3 heterocycles. The number of hydrogen-bond donors (Lipinski definition) is 3. The van der Waals surface area contributed by atoms with E-state index in [-0.39, 0.29) is 11.1 Å². The van der Waals surface area contributed by atoms with Gasteiger partial charge in [0.15, 0.2) is 0 Å². The number of aryl methyl sites for hydroxylation is 1. The lowest BCUT2D eigenvalue weighted by Gasteiger charge is -2.30. The highest BCUT2D eigenvalue weighted by molar-refractivity contribution is 8.18. The van der Waals surface area contributed by atoms with Crippen LogP contribution in [0.3, 0.4) is 0 Å². The van der Waals surface area contributed by atoms with Crippen LogP contribution in [0.1, 0.15) is 42.6 Å². The first-order valence-corrected chi connectivity index (χ1v) is 10.9. The Morgan fingerprint density at radius 1 is 1.13 bits per heavy atom. The molecule has 8 nitrogen and oxygen atoms in total. The van der Waals surface area contributed by atoms with E-state index >= 15 is 0 Å². The summed E-state index contributed by atoms with van der Waals surface area (Å²) >= 11 is 0.884. The zero-order valence-electron chi connectivity index (χ0n) is 16.7. The Morgan fingerprint density at radius 3 is 2.67 bits per heavy atom. The van der Waals surface area contributed by atoms with Crippen LogP contribution < -0.4 is 16.0 Å². The number of nitrogens with one attached hydrogen (secondary N) is 3. The summed E-state index contributed by atoms with van der Waals surface area (Å²) in [4.78, 5) is 36.4. The molecule has 0 spiro atoms. The Morgan fingerprint density at radius 2 is 1.93 bits per heavy atom. The van der Waals surface area contributed by atoms with Crippen molar-refractivity contribution in [1.82, 2.24) is 25.6 Å². The number of carbonyl (C=O) groups excluding carboxylic acids is 2. The second-order valence-electron chi connectivity index (χ2n) is 7.48. The van der Waals surface area contributed by atoms with E-state index in [4.69, 9.17) is 0 Å². The molecule has 0 radical (unpaired) electrons. The number of carbonyl (C=O) groups is 2. The smallest absolute Gasteiger partial charge is 0.290 e. The van der Waals surface area contributed by atoms with Crippen LogP contribution >= 0.6 is 11.8 Å². The van der Waals surface area contributed by atoms with E-state index in [0.29, 0.717) is 28.6 Å². The molecule has 2 aromatic rings. The number of rotatable bonds is 6. The molecular weight excluding hydrogens is 400 g/mol. The summed E-state index contributed by atoms with van der Waals surface area (Å²) in [5.74, 6) is 0.159. The minimum Gasteiger partial charge on any atom is -0.351 e. The maximum atomic E-state index is 11.7. The molecule has 4 rings (SSSR count). The predicted molar refractivity (Wildman–Crippen MR) is 117 cm³/mol. The fourth-order valence-corrected chi connectivity index (χ4v) is 4.33. The Labute approximate surface area is 179 Å². The average molecular weight is 425 g/mol. The number of thioether (sulfide) groups is 1. The molecule has 2 aliphatic rings. The standard InChI is InChI=1S/C21H24N6O2S/c1-13-14(3-2-9-22-13)12-24-15-4-6-16(7-5-15)25-20-23-10-8-17(26-20)11-18-19(28)27-21(29)30-18/h2-3,8-11,15-16,24H,4-7,12H2,1H3,(H,23,25,26)(H,27,28,29)/b18-11-. The highest BCUT2D eigenvalue weighted by atomic mass is 32.2. The number of amides is 2. The van der Waals surface area contributed by atoms with Crippen molar-refractivity contribution in [3.05, 3.63) is 52.4 Å². The first-order chi connectivity index (χ1) is 14.6. The lowest BCUT2D eigenvalue weighted by atomic mass is 9.91. The average Bonchev–Trinajstić information content (AvgIpc) is 3.05. The van der Waals surface area contributed by atoms with Gasteiger partial charge in [0.25, 0.3) is 11.1 Å². The molecule has 30 heavy (non-hydrogen) atoms. The summed E-state index contributed by atoms with van der Waals surface area (Å²) in [5.41, 5.74) is 2.92. The first-order valence-electron chi connectivity index (χ1n) is 10.0. The Bertz CT molecular complexity index is 971. The van der Waals surface area contributed by atoms with Crippen LogP contribution in [-0.4, -0.2) is 38.2 Å². The van der Waals surface area contributed by atoms with Crippen LogP contribution in [0.25, 0.3) is 6.08 Å². The van der Waals surface area contributed by atoms with E-state index in [1.165, 1.54) is 5.56 Å². The second kappa shape index (κ2) is 9.36. The monoisotopic (exact) mass is 424 g/mol. The van der Waals surface area contributed by atoms with Crippen molar-refractivity contribution in [1.29, 1.82) is 0 Å². The summed E-state index contributed by atoms with van der Waals surface area (Å²) in [6, 6.07) is 6.62. The molecule has 0 aromatic carbocycles. The van der Waals surface area contributed by atoms with Gasteiger partial charge in [-0.05, 0) is 68.1 Å². The van der Waals surface area contributed by atoms with Gasteiger partial charge in [-0.1, -0.05) is 6.07 Å². The van der Waals surface area contributed by atoms with Gasteiger partial charge in [-0.25, -0.2) is 9.97 Å². The van der Waals surface area contributed by atoms with E-state index in [2.05, 4.69) is 37.0 Å². The molecule has 1 saturated heterocycles. The summed E-state index contributed by atoms with van der Waals surface area (Å²) in [6.07, 6.45) is 9.32. The van der Waals surface area contributed by atoms with Crippen LogP contribution in [0.5, 0.6) is 0 Å². The molecular formula is C21H24N6O2S. The number of anilines is 1. The molecule has 2 amide bonds. The Hall–Kier alpha value is -2.78. The van der Waals surface area contributed by atoms with E-state index in [1.54, 1.807) is 18.3 Å². The van der Waals surface area contributed by atoms with Gasteiger partial charge < -0.3 is 10.6 Å². The van der Waals surface area contributed by atoms with Gasteiger partial charge in [-0.15, -0.1) is 0 Å². The molecule has 1 aliphatic heterocycles. The summed E-state index contributed by atoms with van der Waals surface area (Å²) in [6.45, 7) is 2.88. The van der Waals surface area contributed by atoms with E-state index in [1.807, 2.05) is 19.2 Å². The third-order valence-electron chi connectivity index (χ3n) is 5.36. The fraction of sp³-hybridized carbons (Fsp3) is 0.381. The van der Waals surface area contributed by atoms with Crippen LogP contribution in [-0.2, 0) is 11.3 Å². The molecule has 3 N–H and O–H groups in total. The zero-order chi connectivity index (χ0) is 20.9. The van der Waals surface area contributed by atoms with Crippen molar-refractivity contribution in [2.24, 2.45) is 0 Å². The minimum absolute atomic E-state index is 0.316. The topological polar surface area (TPSA) is 109 Å². The van der Waals surface area contributed by atoms with E-state index in [9.17, 15) is 9.59 Å². The van der Waals surface area contributed by atoms with Crippen LogP contribution in [0.15, 0.2) is 35.5 Å². The van der Waals surface area contributed by atoms with Crippen LogP contribution in [0, 0.1) is 6.92 Å². The van der Waals surface area contributed by atoms with Gasteiger partial charge in [0.2, 0.25) is 5.95 Å². The number of pyridine rings is 1. The van der Waals surface area contributed by atoms with Crippen molar-refractivity contribution in [3.8, 4) is 0 Å². The van der Waals surface area contributed by atoms with E-state index < -0.39 is 0 Å². The quantitative estimate of drug-likeness (QED) is 0.607. The highest BCUT2D eigenvalue weighted by Gasteiger charge is 2.25. The molecule has 0 unspecified atom stereocenters. The van der Waals surface area contributed by atoms with Gasteiger partial charge in [-0.2, -0.15) is 0 Å². The van der Waals surface area contributed by atoms with Crippen molar-refractivity contribution in [2.45, 2.75) is 51.2 Å². The lowest BCUT2D eigenvalue weighted by Crippen LogP contribution is -2.37. The van der Waals surface area contributed by atoms with Crippen molar-refractivity contribution < 1.29 is 9.59 Å². The molecule has 2 aromatic heterocycles. The van der Waals surface area contributed by atoms with Gasteiger partial charge in [0.1, 0.15) is 0 Å².